The Hall–Kier alpha value is -2.69. The predicted molar refractivity (Wildman–Crippen MR) is 68.3 cm³/mol. The Balaban J connectivity index is 2.26. The number of nitrogens with zero attached hydrogens (tertiary/aromatic N) is 2. The maximum atomic E-state index is 13.2. The number of aromatic hydroxyl groups is 2. The van der Waals surface area contributed by atoms with Crippen LogP contribution in [0.2, 0.25) is 0 Å². The van der Waals surface area contributed by atoms with Crippen LogP contribution in [0.3, 0.4) is 0 Å². The van der Waals surface area contributed by atoms with Gasteiger partial charge in [0.05, 0.1) is 5.52 Å². The van der Waals surface area contributed by atoms with Crippen LogP contribution < -0.4 is 0 Å². The van der Waals surface area contributed by atoms with Gasteiger partial charge in [0.1, 0.15) is 22.9 Å². The first kappa shape index (κ1) is 11.4. The van der Waals surface area contributed by atoms with Gasteiger partial charge in [0, 0.05) is 17.6 Å². The lowest BCUT2D eigenvalue weighted by Gasteiger charge is -2.06. The summed E-state index contributed by atoms with van der Waals surface area (Å²) >= 11 is 0. The molecule has 0 fully saturated rings. The summed E-state index contributed by atoms with van der Waals surface area (Å²) < 4.78 is 13.2. The molecule has 0 aliphatic carbocycles. The standard InChI is InChI=1S/C14H9FN2O2/c15-9-5-4-8-7-16-14(17-10(8)6-9)13-11(18)2-1-3-12(13)19/h1-7,18-19H. The van der Waals surface area contributed by atoms with Crippen LogP contribution in [0, 0.1) is 5.82 Å². The first-order chi connectivity index (χ1) is 9.15. The number of halogens is 1. The maximum absolute atomic E-state index is 13.2. The van der Waals surface area contributed by atoms with Gasteiger partial charge in [-0.2, -0.15) is 0 Å². The second-order valence-electron chi connectivity index (χ2n) is 4.07. The van der Waals surface area contributed by atoms with Gasteiger partial charge >= 0.3 is 0 Å². The molecule has 94 valence electrons. The SMILES string of the molecule is Oc1cccc(O)c1-c1ncc2ccc(F)cc2n1. The highest BCUT2D eigenvalue weighted by molar-refractivity contribution is 5.81. The molecule has 2 N–H and O–H groups in total. The van der Waals surface area contributed by atoms with Crippen molar-refractivity contribution in [2.24, 2.45) is 0 Å². The van der Waals surface area contributed by atoms with Crippen molar-refractivity contribution in [3.63, 3.8) is 0 Å². The van der Waals surface area contributed by atoms with E-state index in [9.17, 15) is 14.6 Å². The minimum absolute atomic E-state index is 0.129. The van der Waals surface area contributed by atoms with Crippen molar-refractivity contribution in [2.45, 2.75) is 0 Å². The fraction of sp³-hybridized carbons (Fsp3) is 0. The summed E-state index contributed by atoms with van der Waals surface area (Å²) in [5.41, 5.74) is 0.543. The Labute approximate surface area is 107 Å². The summed E-state index contributed by atoms with van der Waals surface area (Å²) in [6.07, 6.45) is 1.52. The van der Waals surface area contributed by atoms with Crippen LogP contribution in [-0.4, -0.2) is 20.2 Å². The van der Waals surface area contributed by atoms with Gasteiger partial charge in [-0.3, -0.25) is 0 Å². The summed E-state index contributed by atoms with van der Waals surface area (Å²) in [6.45, 7) is 0. The summed E-state index contributed by atoms with van der Waals surface area (Å²) in [5.74, 6) is -0.515. The van der Waals surface area contributed by atoms with Gasteiger partial charge in [-0.25, -0.2) is 14.4 Å². The first-order valence-electron chi connectivity index (χ1n) is 5.59. The van der Waals surface area contributed by atoms with Gasteiger partial charge in [-0.15, -0.1) is 0 Å². The molecule has 0 aliphatic rings. The third-order valence-electron chi connectivity index (χ3n) is 2.79. The molecule has 1 aromatic heterocycles. The molecule has 0 bridgehead atoms. The summed E-state index contributed by atoms with van der Waals surface area (Å²) in [4.78, 5) is 8.23. The number of aromatic nitrogens is 2. The lowest BCUT2D eigenvalue weighted by Crippen LogP contribution is -1.91. The van der Waals surface area contributed by atoms with Crippen LogP contribution in [0.15, 0.2) is 42.6 Å². The molecule has 0 amide bonds. The second kappa shape index (κ2) is 4.20. The van der Waals surface area contributed by atoms with Gasteiger partial charge in [-0.05, 0) is 24.3 Å². The largest absolute Gasteiger partial charge is 0.507 e. The van der Waals surface area contributed by atoms with E-state index in [4.69, 9.17) is 0 Å². The molecule has 0 aliphatic heterocycles. The lowest BCUT2D eigenvalue weighted by atomic mass is 10.1. The fourth-order valence-electron chi connectivity index (χ4n) is 1.87. The van der Waals surface area contributed by atoms with Crippen LogP contribution in [0.4, 0.5) is 4.39 Å². The van der Waals surface area contributed by atoms with Crippen molar-refractivity contribution in [3.05, 3.63) is 48.4 Å². The molecule has 3 rings (SSSR count). The third-order valence-corrected chi connectivity index (χ3v) is 2.79. The Kier molecular flexibility index (Phi) is 2.52. The molecule has 1 heterocycles. The molecule has 0 radical (unpaired) electrons. The van der Waals surface area contributed by atoms with E-state index in [1.165, 1.54) is 36.5 Å². The van der Waals surface area contributed by atoms with E-state index < -0.39 is 5.82 Å². The first-order valence-corrected chi connectivity index (χ1v) is 5.59. The number of hydrogen-bond donors (Lipinski definition) is 2. The average Bonchev–Trinajstić information content (AvgIpc) is 2.38. The molecule has 0 unspecified atom stereocenters. The van der Waals surface area contributed by atoms with E-state index in [2.05, 4.69) is 9.97 Å². The van der Waals surface area contributed by atoms with Gasteiger partial charge in [0.15, 0.2) is 5.82 Å². The van der Waals surface area contributed by atoms with Crippen molar-refractivity contribution in [3.8, 4) is 22.9 Å². The maximum Gasteiger partial charge on any atom is 0.167 e. The van der Waals surface area contributed by atoms with Crippen LogP contribution in [-0.2, 0) is 0 Å². The number of fused-ring (bicyclic) bond motifs is 1. The Morgan fingerprint density at radius 3 is 2.47 bits per heavy atom. The molecule has 3 aromatic rings. The van der Waals surface area contributed by atoms with Crippen LogP contribution in [0.5, 0.6) is 11.5 Å². The monoisotopic (exact) mass is 256 g/mol. The van der Waals surface area contributed by atoms with Crippen molar-refractivity contribution in [2.75, 3.05) is 0 Å². The van der Waals surface area contributed by atoms with Crippen LogP contribution in [0.25, 0.3) is 22.3 Å². The van der Waals surface area contributed by atoms with Crippen LogP contribution >= 0.6 is 0 Å². The topological polar surface area (TPSA) is 66.2 Å². The molecule has 0 saturated heterocycles. The van der Waals surface area contributed by atoms with Gasteiger partial charge in [-0.1, -0.05) is 6.07 Å². The molecule has 4 nitrogen and oxygen atoms in total. The van der Waals surface area contributed by atoms with E-state index in [1.54, 1.807) is 6.07 Å². The Morgan fingerprint density at radius 2 is 1.74 bits per heavy atom. The summed E-state index contributed by atoms with van der Waals surface area (Å²) in [5, 5.41) is 20.2. The quantitative estimate of drug-likeness (QED) is 0.702. The smallest absolute Gasteiger partial charge is 0.167 e. The number of phenolic OH excluding ortho intramolecular Hbond substituents is 2. The van der Waals surface area contributed by atoms with Crippen molar-refractivity contribution in [1.29, 1.82) is 0 Å². The van der Waals surface area contributed by atoms with E-state index in [0.717, 1.165) is 0 Å². The highest BCUT2D eigenvalue weighted by Crippen LogP contribution is 2.35. The predicted octanol–water partition coefficient (Wildman–Crippen LogP) is 2.85. The lowest BCUT2D eigenvalue weighted by molar-refractivity contribution is 0.453. The highest BCUT2D eigenvalue weighted by atomic mass is 19.1. The van der Waals surface area contributed by atoms with Gasteiger partial charge in [0.2, 0.25) is 0 Å². The van der Waals surface area contributed by atoms with E-state index in [1.807, 2.05) is 0 Å². The van der Waals surface area contributed by atoms with E-state index >= 15 is 0 Å². The summed E-state index contributed by atoms with van der Waals surface area (Å²) in [6, 6.07) is 8.52. The fourth-order valence-corrected chi connectivity index (χ4v) is 1.87. The van der Waals surface area contributed by atoms with Gasteiger partial charge < -0.3 is 10.2 Å². The Morgan fingerprint density at radius 1 is 1.00 bits per heavy atom. The van der Waals surface area contributed by atoms with Crippen molar-refractivity contribution in [1.82, 2.24) is 9.97 Å². The third kappa shape index (κ3) is 1.95. The Bertz CT molecular complexity index is 754. The number of rotatable bonds is 1. The second-order valence-corrected chi connectivity index (χ2v) is 4.07. The molecule has 0 atom stereocenters. The van der Waals surface area contributed by atoms with E-state index in [-0.39, 0.29) is 22.9 Å². The van der Waals surface area contributed by atoms with Crippen molar-refractivity contribution < 1.29 is 14.6 Å². The molecule has 5 heteroatoms. The number of hydrogen-bond acceptors (Lipinski definition) is 4. The zero-order chi connectivity index (χ0) is 13.4. The number of phenols is 2. The average molecular weight is 256 g/mol. The normalized spacial score (nSPS) is 10.8. The highest BCUT2D eigenvalue weighted by Gasteiger charge is 2.13. The molecule has 2 aromatic carbocycles. The minimum atomic E-state index is -0.404. The number of benzene rings is 2. The van der Waals surface area contributed by atoms with E-state index in [0.29, 0.717) is 10.9 Å². The van der Waals surface area contributed by atoms with Crippen LogP contribution in [0.1, 0.15) is 0 Å². The zero-order valence-electron chi connectivity index (χ0n) is 9.71. The van der Waals surface area contributed by atoms with Crippen molar-refractivity contribution >= 4 is 10.9 Å². The molecule has 0 spiro atoms. The molecular formula is C14H9FN2O2. The summed E-state index contributed by atoms with van der Waals surface area (Å²) in [7, 11) is 0. The minimum Gasteiger partial charge on any atom is -0.507 e. The molecule has 0 saturated carbocycles. The molecule has 19 heavy (non-hydrogen) atoms. The zero-order valence-corrected chi connectivity index (χ0v) is 9.71. The van der Waals surface area contributed by atoms with Gasteiger partial charge in [0.25, 0.3) is 0 Å². The molecular weight excluding hydrogens is 247 g/mol.